The van der Waals surface area contributed by atoms with Crippen molar-refractivity contribution in [1.29, 1.82) is 0 Å². The third kappa shape index (κ3) is 4.61. The Bertz CT molecular complexity index is 387. The van der Waals surface area contributed by atoms with Gasteiger partial charge in [-0.3, -0.25) is 4.99 Å². The first-order valence-corrected chi connectivity index (χ1v) is 7.65. The number of hydrogen-bond donors (Lipinski definition) is 2. The largest absolute Gasteiger partial charge is 0.356 e. The maximum absolute atomic E-state index is 4.38. The minimum atomic E-state index is 0.950. The first-order valence-electron chi connectivity index (χ1n) is 6.50. The van der Waals surface area contributed by atoms with Crippen LogP contribution in [0.15, 0.2) is 29.3 Å². The highest BCUT2D eigenvalue weighted by Gasteiger charge is 2.01. The average molecular weight is 263 g/mol. The second-order valence-corrected chi connectivity index (χ2v) is 5.58. The summed E-state index contributed by atoms with van der Waals surface area (Å²) in [6.45, 7) is 5.09. The minimum Gasteiger partial charge on any atom is -0.356 e. The summed E-state index contributed by atoms with van der Waals surface area (Å²) in [7, 11) is 0. The summed E-state index contributed by atoms with van der Waals surface area (Å²) in [4.78, 5) is 4.38. The zero-order chi connectivity index (χ0) is 12.6. The van der Waals surface area contributed by atoms with E-state index in [9.17, 15) is 0 Å². The molecule has 0 bridgehead atoms. The number of aliphatic imine (C=N–C) groups is 1. The molecule has 1 aliphatic rings. The molecule has 1 aliphatic heterocycles. The normalized spacial score (nSPS) is 14.8. The summed E-state index contributed by atoms with van der Waals surface area (Å²) >= 11 is 1.96. The molecule has 2 rings (SSSR count). The van der Waals surface area contributed by atoms with Gasteiger partial charge in [0.25, 0.3) is 0 Å². The number of aryl methyl sites for hydroxylation is 1. The molecule has 1 heterocycles. The fourth-order valence-corrected chi connectivity index (χ4v) is 2.59. The molecule has 98 valence electrons. The van der Waals surface area contributed by atoms with Crippen LogP contribution < -0.4 is 10.6 Å². The molecule has 3 nitrogen and oxygen atoms in total. The monoisotopic (exact) mass is 263 g/mol. The summed E-state index contributed by atoms with van der Waals surface area (Å²) in [5.41, 5.74) is 2.73. The lowest BCUT2D eigenvalue weighted by molar-refractivity contribution is 0.709. The van der Waals surface area contributed by atoms with Crippen LogP contribution in [0.1, 0.15) is 17.5 Å². The minimum absolute atomic E-state index is 0.950. The van der Waals surface area contributed by atoms with Gasteiger partial charge in [-0.2, -0.15) is 11.8 Å². The Hall–Kier alpha value is -1.16. The third-order valence-electron chi connectivity index (χ3n) is 2.83. The van der Waals surface area contributed by atoms with E-state index in [1.54, 1.807) is 0 Å². The molecule has 0 saturated carbocycles. The van der Waals surface area contributed by atoms with Crippen LogP contribution in [-0.2, 0) is 5.75 Å². The van der Waals surface area contributed by atoms with Gasteiger partial charge in [-0.15, -0.1) is 0 Å². The molecule has 0 spiro atoms. The topological polar surface area (TPSA) is 36.4 Å². The number of nitrogens with zero attached hydrogens (tertiary/aromatic N) is 1. The number of rotatable bonds is 5. The van der Waals surface area contributed by atoms with Crippen LogP contribution in [0, 0.1) is 6.92 Å². The van der Waals surface area contributed by atoms with Crippen molar-refractivity contribution in [2.75, 3.05) is 25.4 Å². The predicted octanol–water partition coefficient (Wildman–Crippen LogP) is 2.17. The molecule has 0 fully saturated rings. The van der Waals surface area contributed by atoms with Gasteiger partial charge in [-0.1, -0.05) is 29.8 Å². The van der Waals surface area contributed by atoms with E-state index in [4.69, 9.17) is 0 Å². The SMILES string of the molecule is Cc1ccc(CSCCNC2=NCCCN2)cc1. The molecule has 18 heavy (non-hydrogen) atoms. The van der Waals surface area contributed by atoms with Gasteiger partial charge in [-0.05, 0) is 18.9 Å². The summed E-state index contributed by atoms with van der Waals surface area (Å²) in [5.74, 6) is 3.16. The second-order valence-electron chi connectivity index (χ2n) is 4.48. The zero-order valence-electron chi connectivity index (χ0n) is 10.9. The Kier molecular flexibility index (Phi) is 5.39. The lowest BCUT2D eigenvalue weighted by Crippen LogP contribution is -2.41. The van der Waals surface area contributed by atoms with Crippen molar-refractivity contribution in [3.8, 4) is 0 Å². The number of hydrogen-bond acceptors (Lipinski definition) is 4. The Morgan fingerprint density at radius 1 is 1.33 bits per heavy atom. The molecule has 0 aromatic heterocycles. The van der Waals surface area contributed by atoms with Gasteiger partial charge in [0.05, 0.1) is 0 Å². The fourth-order valence-electron chi connectivity index (χ4n) is 1.77. The lowest BCUT2D eigenvalue weighted by Gasteiger charge is -2.15. The highest BCUT2D eigenvalue weighted by molar-refractivity contribution is 7.98. The van der Waals surface area contributed by atoms with Crippen molar-refractivity contribution in [3.05, 3.63) is 35.4 Å². The van der Waals surface area contributed by atoms with Crippen molar-refractivity contribution in [3.63, 3.8) is 0 Å². The van der Waals surface area contributed by atoms with Gasteiger partial charge >= 0.3 is 0 Å². The van der Waals surface area contributed by atoms with E-state index < -0.39 is 0 Å². The molecule has 0 unspecified atom stereocenters. The Morgan fingerprint density at radius 3 is 2.89 bits per heavy atom. The molecule has 0 atom stereocenters. The molecule has 4 heteroatoms. The fraction of sp³-hybridized carbons (Fsp3) is 0.500. The van der Waals surface area contributed by atoms with E-state index in [1.165, 1.54) is 11.1 Å². The predicted molar refractivity (Wildman–Crippen MR) is 80.3 cm³/mol. The second kappa shape index (κ2) is 7.31. The van der Waals surface area contributed by atoms with E-state index in [0.29, 0.717) is 0 Å². The quantitative estimate of drug-likeness (QED) is 0.799. The van der Waals surface area contributed by atoms with Gasteiger partial charge in [-0.25, -0.2) is 0 Å². The number of thioether (sulfide) groups is 1. The van der Waals surface area contributed by atoms with Crippen molar-refractivity contribution in [2.24, 2.45) is 4.99 Å². The van der Waals surface area contributed by atoms with E-state index in [2.05, 4.69) is 46.8 Å². The first kappa shape index (κ1) is 13.3. The summed E-state index contributed by atoms with van der Waals surface area (Å²) < 4.78 is 0. The molecule has 1 aromatic rings. The van der Waals surface area contributed by atoms with Gasteiger partial charge in [0.1, 0.15) is 0 Å². The van der Waals surface area contributed by atoms with Crippen molar-refractivity contribution in [2.45, 2.75) is 19.1 Å². The number of benzene rings is 1. The van der Waals surface area contributed by atoms with E-state index in [-0.39, 0.29) is 0 Å². The van der Waals surface area contributed by atoms with E-state index >= 15 is 0 Å². The Morgan fingerprint density at radius 2 is 2.17 bits per heavy atom. The van der Waals surface area contributed by atoms with Crippen molar-refractivity contribution >= 4 is 17.7 Å². The summed E-state index contributed by atoms with van der Waals surface area (Å²) in [6.07, 6.45) is 1.15. The zero-order valence-corrected chi connectivity index (χ0v) is 11.7. The molecule has 0 saturated heterocycles. The maximum atomic E-state index is 4.38. The number of nitrogens with one attached hydrogen (secondary N) is 2. The van der Waals surface area contributed by atoms with Crippen LogP contribution >= 0.6 is 11.8 Å². The molecule has 0 radical (unpaired) electrons. The molecular formula is C14H21N3S. The third-order valence-corrected chi connectivity index (χ3v) is 3.86. The van der Waals surface area contributed by atoms with Crippen LogP contribution in [0.5, 0.6) is 0 Å². The van der Waals surface area contributed by atoms with Gasteiger partial charge in [0.15, 0.2) is 5.96 Å². The molecule has 1 aromatic carbocycles. The number of guanidine groups is 1. The molecular weight excluding hydrogens is 242 g/mol. The van der Waals surface area contributed by atoms with Crippen LogP contribution in [0.3, 0.4) is 0 Å². The molecule has 0 aliphatic carbocycles. The summed E-state index contributed by atoms with van der Waals surface area (Å²) in [5, 5.41) is 6.60. The van der Waals surface area contributed by atoms with Crippen LogP contribution in [0.25, 0.3) is 0 Å². The van der Waals surface area contributed by atoms with E-state index in [0.717, 1.165) is 43.5 Å². The Labute approximate surface area is 113 Å². The van der Waals surface area contributed by atoms with Gasteiger partial charge in [0.2, 0.25) is 0 Å². The lowest BCUT2D eigenvalue weighted by atomic mass is 10.2. The van der Waals surface area contributed by atoms with Crippen LogP contribution in [0.4, 0.5) is 0 Å². The smallest absolute Gasteiger partial charge is 0.191 e. The van der Waals surface area contributed by atoms with Crippen molar-refractivity contribution in [1.82, 2.24) is 10.6 Å². The highest BCUT2D eigenvalue weighted by Crippen LogP contribution is 2.12. The van der Waals surface area contributed by atoms with Gasteiger partial charge < -0.3 is 10.6 Å². The highest BCUT2D eigenvalue weighted by atomic mass is 32.2. The molecule has 2 N–H and O–H groups in total. The van der Waals surface area contributed by atoms with E-state index in [1.807, 2.05) is 11.8 Å². The average Bonchev–Trinajstić information content (AvgIpc) is 2.42. The molecule has 0 amide bonds. The van der Waals surface area contributed by atoms with Crippen LogP contribution in [0.2, 0.25) is 0 Å². The first-order chi connectivity index (χ1) is 8.84. The van der Waals surface area contributed by atoms with Crippen LogP contribution in [-0.4, -0.2) is 31.3 Å². The Balaban J connectivity index is 1.58. The standard InChI is InChI=1S/C14H21N3S/c1-12-3-5-13(6-4-12)11-18-10-9-17-14-15-7-2-8-16-14/h3-6H,2,7-11H2,1H3,(H2,15,16,17). The van der Waals surface area contributed by atoms with Crippen molar-refractivity contribution < 1.29 is 0 Å². The summed E-state index contributed by atoms with van der Waals surface area (Å²) in [6, 6.07) is 8.77. The van der Waals surface area contributed by atoms with Gasteiger partial charge in [0, 0.05) is 31.1 Å². The maximum Gasteiger partial charge on any atom is 0.191 e.